The average Bonchev–Trinajstić information content (AvgIpc) is 2.16. The van der Waals surface area contributed by atoms with Crippen molar-refractivity contribution in [2.75, 3.05) is 14.2 Å². The Bertz CT molecular complexity index is 472. The van der Waals surface area contributed by atoms with Gasteiger partial charge < -0.3 is 9.47 Å². The fourth-order valence-corrected chi connectivity index (χ4v) is 2.32. The monoisotopic (exact) mass is 298 g/mol. The lowest BCUT2D eigenvalue weighted by atomic mass is 10.3. The van der Waals surface area contributed by atoms with Gasteiger partial charge in [0, 0.05) is 6.07 Å². The second-order valence-corrected chi connectivity index (χ2v) is 4.75. The average molecular weight is 299 g/mol. The Kier molecular flexibility index (Phi) is 3.56. The van der Waals surface area contributed by atoms with E-state index in [0.29, 0.717) is 10.2 Å². The Morgan fingerprint density at radius 3 is 2.13 bits per heavy atom. The second-order valence-electron chi connectivity index (χ2n) is 2.58. The smallest absolute Gasteiger partial charge is 0.335 e. The van der Waals surface area contributed by atoms with Gasteiger partial charge in [0.2, 0.25) is 0 Å². The number of halogens is 2. The van der Waals surface area contributed by atoms with Crippen LogP contribution < -0.4 is 9.47 Å². The maximum atomic E-state index is 12.8. The van der Waals surface area contributed by atoms with Crippen molar-refractivity contribution in [1.29, 1.82) is 0 Å². The predicted molar refractivity (Wildman–Crippen MR) is 55.5 cm³/mol. The minimum Gasteiger partial charge on any atom is -0.495 e. The first-order chi connectivity index (χ1) is 6.90. The normalized spacial score (nSPS) is 11.2. The third-order valence-corrected chi connectivity index (χ3v) is 3.16. The summed E-state index contributed by atoms with van der Waals surface area (Å²) >= 11 is 3.05. The van der Waals surface area contributed by atoms with Crippen molar-refractivity contribution < 1.29 is 21.8 Å². The van der Waals surface area contributed by atoms with Crippen LogP contribution in [-0.4, -0.2) is 22.6 Å². The zero-order valence-corrected chi connectivity index (χ0v) is 10.4. The third-order valence-electron chi connectivity index (χ3n) is 1.70. The predicted octanol–water partition coefficient (Wildman–Crippen LogP) is 2.12. The molecule has 0 atom stereocenters. The van der Waals surface area contributed by atoms with Gasteiger partial charge in [0.25, 0.3) is 0 Å². The number of hydrogen-bond acceptors (Lipinski definition) is 4. The molecule has 0 saturated heterocycles. The van der Waals surface area contributed by atoms with E-state index in [1.54, 1.807) is 0 Å². The molecule has 0 saturated carbocycles. The molecule has 1 aromatic rings. The van der Waals surface area contributed by atoms with Crippen molar-refractivity contribution in [2.45, 2.75) is 4.90 Å². The van der Waals surface area contributed by atoms with E-state index in [2.05, 4.69) is 15.9 Å². The van der Waals surface area contributed by atoms with Crippen molar-refractivity contribution in [3.63, 3.8) is 0 Å². The Labute approximate surface area is 95.3 Å². The van der Waals surface area contributed by atoms with E-state index >= 15 is 0 Å². The van der Waals surface area contributed by atoms with Crippen LogP contribution in [0.3, 0.4) is 0 Å². The fraction of sp³-hybridized carbons (Fsp3) is 0.250. The summed E-state index contributed by atoms with van der Waals surface area (Å²) in [6, 6.07) is 2.38. The van der Waals surface area contributed by atoms with Crippen LogP contribution in [0, 0.1) is 0 Å². The quantitative estimate of drug-likeness (QED) is 0.802. The highest BCUT2D eigenvalue weighted by Gasteiger charge is 2.20. The standard InChI is InChI=1S/C8H8BrFO4S/c1-13-6-4-7(14-2)8(3-5(6)9)15(10,11)12/h3-4H,1-2H3. The molecular formula is C8H8BrFO4S. The summed E-state index contributed by atoms with van der Waals surface area (Å²) in [5, 5.41) is 0. The molecule has 0 aliphatic carbocycles. The zero-order valence-electron chi connectivity index (χ0n) is 7.95. The van der Waals surface area contributed by atoms with Crippen LogP contribution in [0.5, 0.6) is 11.5 Å². The lowest BCUT2D eigenvalue weighted by Gasteiger charge is -2.09. The van der Waals surface area contributed by atoms with Gasteiger partial charge >= 0.3 is 10.2 Å². The maximum absolute atomic E-state index is 12.8. The largest absolute Gasteiger partial charge is 0.495 e. The van der Waals surface area contributed by atoms with Gasteiger partial charge in [0.15, 0.2) is 0 Å². The fourth-order valence-electron chi connectivity index (χ4n) is 1.02. The zero-order chi connectivity index (χ0) is 11.6. The van der Waals surface area contributed by atoms with Crippen molar-refractivity contribution in [3.8, 4) is 11.5 Å². The van der Waals surface area contributed by atoms with E-state index in [0.717, 1.165) is 6.07 Å². The van der Waals surface area contributed by atoms with Crippen LogP contribution in [0.2, 0.25) is 0 Å². The van der Waals surface area contributed by atoms with Crippen LogP contribution >= 0.6 is 15.9 Å². The lowest BCUT2D eigenvalue weighted by molar-refractivity contribution is 0.383. The van der Waals surface area contributed by atoms with Crippen LogP contribution in [-0.2, 0) is 10.2 Å². The molecule has 0 radical (unpaired) electrons. The number of rotatable bonds is 3. The first-order valence-electron chi connectivity index (χ1n) is 3.76. The van der Waals surface area contributed by atoms with E-state index in [9.17, 15) is 12.3 Å². The summed E-state index contributed by atoms with van der Waals surface area (Å²) in [6.45, 7) is 0. The number of benzene rings is 1. The lowest BCUT2D eigenvalue weighted by Crippen LogP contribution is -1.98. The molecule has 0 aliphatic rings. The van der Waals surface area contributed by atoms with Crippen molar-refractivity contribution >= 4 is 26.2 Å². The highest BCUT2D eigenvalue weighted by molar-refractivity contribution is 9.10. The molecular weight excluding hydrogens is 291 g/mol. The molecule has 4 nitrogen and oxygen atoms in total. The number of hydrogen-bond donors (Lipinski definition) is 0. The van der Waals surface area contributed by atoms with Gasteiger partial charge in [0.05, 0.1) is 18.7 Å². The SMILES string of the molecule is COc1cc(OC)c(S(=O)(=O)F)cc1Br. The van der Waals surface area contributed by atoms with Gasteiger partial charge in [-0.25, -0.2) is 0 Å². The van der Waals surface area contributed by atoms with Gasteiger partial charge in [-0.2, -0.15) is 8.42 Å². The van der Waals surface area contributed by atoms with Crippen LogP contribution in [0.15, 0.2) is 21.5 Å². The Balaban J connectivity index is 3.48. The second kappa shape index (κ2) is 4.36. The molecule has 0 N–H and O–H groups in total. The third kappa shape index (κ3) is 2.60. The van der Waals surface area contributed by atoms with E-state index < -0.39 is 15.1 Å². The molecule has 0 aromatic heterocycles. The molecule has 1 rings (SSSR count). The first-order valence-corrected chi connectivity index (χ1v) is 5.94. The molecule has 0 spiro atoms. The molecule has 7 heteroatoms. The Hall–Kier alpha value is -0.820. The molecule has 1 aromatic carbocycles. The first kappa shape index (κ1) is 12.3. The molecule has 0 fully saturated rings. The number of methoxy groups -OCH3 is 2. The van der Waals surface area contributed by atoms with Gasteiger partial charge in [-0.3, -0.25) is 0 Å². The molecule has 84 valence electrons. The molecule has 15 heavy (non-hydrogen) atoms. The van der Waals surface area contributed by atoms with Gasteiger partial charge in [-0.05, 0) is 22.0 Å². The topological polar surface area (TPSA) is 52.6 Å². The molecule has 0 aliphatic heterocycles. The Morgan fingerprint density at radius 1 is 1.20 bits per heavy atom. The summed E-state index contributed by atoms with van der Waals surface area (Å²) in [5.74, 6) is 0.261. The van der Waals surface area contributed by atoms with Crippen LogP contribution in [0.1, 0.15) is 0 Å². The molecule has 0 heterocycles. The van der Waals surface area contributed by atoms with Crippen LogP contribution in [0.25, 0.3) is 0 Å². The molecule has 0 amide bonds. The minimum absolute atomic E-state index is 0.0995. The summed E-state index contributed by atoms with van der Waals surface area (Å²) in [4.78, 5) is -0.530. The molecule has 0 unspecified atom stereocenters. The van der Waals surface area contributed by atoms with E-state index in [1.807, 2.05) is 0 Å². The van der Waals surface area contributed by atoms with Gasteiger partial charge in [-0.1, -0.05) is 0 Å². The maximum Gasteiger partial charge on any atom is 0.335 e. The van der Waals surface area contributed by atoms with E-state index in [-0.39, 0.29) is 5.75 Å². The van der Waals surface area contributed by atoms with Crippen molar-refractivity contribution in [3.05, 3.63) is 16.6 Å². The highest BCUT2D eigenvalue weighted by atomic mass is 79.9. The summed E-state index contributed by atoms with van der Waals surface area (Å²) in [5.41, 5.74) is 0. The van der Waals surface area contributed by atoms with Gasteiger partial charge in [0.1, 0.15) is 16.4 Å². The van der Waals surface area contributed by atoms with Crippen LogP contribution in [0.4, 0.5) is 3.89 Å². The van der Waals surface area contributed by atoms with Gasteiger partial charge in [-0.15, -0.1) is 3.89 Å². The highest BCUT2D eigenvalue weighted by Crippen LogP contribution is 2.35. The minimum atomic E-state index is -4.80. The van der Waals surface area contributed by atoms with E-state index in [4.69, 9.17) is 9.47 Å². The van der Waals surface area contributed by atoms with Crippen molar-refractivity contribution in [2.24, 2.45) is 0 Å². The number of ether oxygens (including phenoxy) is 2. The van der Waals surface area contributed by atoms with Crippen molar-refractivity contribution in [1.82, 2.24) is 0 Å². The molecule has 0 bridgehead atoms. The summed E-state index contributed by atoms with van der Waals surface area (Å²) in [7, 11) is -2.15. The van der Waals surface area contributed by atoms with E-state index in [1.165, 1.54) is 20.3 Å². The Morgan fingerprint density at radius 2 is 1.73 bits per heavy atom. The summed E-state index contributed by atoms with van der Waals surface area (Å²) < 4.78 is 44.3. The summed E-state index contributed by atoms with van der Waals surface area (Å²) in [6.07, 6.45) is 0.